The number of hydrogen-bond acceptors (Lipinski definition) is 13. The SMILES string of the molecule is COC(=O)C1=C(C(=O)OC)N2c3c(ccc4ccc5c(C(=O)OC)c(C(=O)OC)c(C(=O)OC)n5c34)C=C[C@H]2[C@@H]1C(=O)OC. The van der Waals surface area contributed by atoms with E-state index in [-0.39, 0.29) is 39.2 Å². The zero-order valence-electron chi connectivity index (χ0n) is 24.4. The maximum absolute atomic E-state index is 13.4. The number of nitrogens with zero attached hydrogens (tertiary/aromatic N) is 2. The van der Waals surface area contributed by atoms with Crippen LogP contribution in [0.3, 0.4) is 0 Å². The molecular formula is C30H26N2O12. The predicted octanol–water partition coefficient (Wildman–Crippen LogP) is 2.06. The normalized spacial score (nSPS) is 16.7. The molecule has 0 unspecified atom stereocenters. The van der Waals surface area contributed by atoms with Crippen LogP contribution in [0, 0.1) is 5.92 Å². The largest absolute Gasteiger partial charge is 0.468 e. The highest BCUT2D eigenvalue weighted by Crippen LogP contribution is 2.48. The Labute approximate surface area is 249 Å². The van der Waals surface area contributed by atoms with Crippen LogP contribution in [0.25, 0.3) is 22.5 Å². The fourth-order valence-electron chi connectivity index (χ4n) is 5.85. The lowest BCUT2D eigenvalue weighted by atomic mass is 9.91. The van der Waals surface area contributed by atoms with Crippen molar-refractivity contribution in [1.29, 1.82) is 0 Å². The number of ether oxygens (including phenoxy) is 6. The van der Waals surface area contributed by atoms with Gasteiger partial charge in [-0.25, -0.2) is 24.0 Å². The van der Waals surface area contributed by atoms with Gasteiger partial charge in [0.25, 0.3) is 0 Å². The van der Waals surface area contributed by atoms with Crippen molar-refractivity contribution in [2.45, 2.75) is 6.04 Å². The molecule has 14 heteroatoms. The van der Waals surface area contributed by atoms with Crippen LogP contribution in [-0.4, -0.2) is 88.9 Å². The molecule has 2 aliphatic heterocycles. The number of rotatable bonds is 6. The summed E-state index contributed by atoms with van der Waals surface area (Å²) in [5.41, 5.74) is -0.631. The Kier molecular flexibility index (Phi) is 7.59. The van der Waals surface area contributed by atoms with E-state index < -0.39 is 53.3 Å². The molecule has 2 atom stereocenters. The predicted molar refractivity (Wildman–Crippen MR) is 151 cm³/mol. The Hall–Kier alpha value is -5.66. The highest BCUT2D eigenvalue weighted by Gasteiger charge is 2.52. The minimum absolute atomic E-state index is 0.0742. The summed E-state index contributed by atoms with van der Waals surface area (Å²) in [6, 6.07) is 5.58. The van der Waals surface area contributed by atoms with Gasteiger partial charge in [-0.15, -0.1) is 0 Å². The first-order chi connectivity index (χ1) is 21.1. The van der Waals surface area contributed by atoms with Crippen LogP contribution in [0.15, 0.2) is 41.6 Å². The number of carbonyl (C=O) groups is 6. The quantitative estimate of drug-likeness (QED) is 0.296. The molecule has 0 saturated carbocycles. The first-order valence-corrected chi connectivity index (χ1v) is 13.0. The molecule has 0 spiro atoms. The first kappa shape index (κ1) is 29.8. The number of benzene rings is 1. The first-order valence-electron chi connectivity index (χ1n) is 13.0. The monoisotopic (exact) mass is 606 g/mol. The summed E-state index contributed by atoms with van der Waals surface area (Å²) in [6.45, 7) is 0. The second-order valence-corrected chi connectivity index (χ2v) is 9.53. The van der Waals surface area contributed by atoms with E-state index in [1.165, 1.54) is 15.4 Å². The molecule has 3 aromatic rings. The molecule has 14 nitrogen and oxygen atoms in total. The Morgan fingerprint density at radius 3 is 1.84 bits per heavy atom. The molecule has 0 saturated heterocycles. The van der Waals surface area contributed by atoms with Gasteiger partial charge in [0.05, 0.1) is 71.0 Å². The van der Waals surface area contributed by atoms with Crippen LogP contribution >= 0.6 is 0 Å². The van der Waals surface area contributed by atoms with Gasteiger partial charge in [0.15, 0.2) is 0 Å². The second-order valence-electron chi connectivity index (χ2n) is 9.53. The van der Waals surface area contributed by atoms with Crippen LogP contribution in [0.2, 0.25) is 0 Å². The molecular weight excluding hydrogens is 580 g/mol. The Morgan fingerprint density at radius 2 is 1.25 bits per heavy atom. The molecule has 0 fully saturated rings. The fraction of sp³-hybridized carbons (Fsp3) is 0.267. The van der Waals surface area contributed by atoms with Gasteiger partial charge in [-0.1, -0.05) is 30.4 Å². The van der Waals surface area contributed by atoms with E-state index in [2.05, 4.69) is 0 Å². The molecule has 0 N–H and O–H groups in total. The van der Waals surface area contributed by atoms with Crippen LogP contribution in [-0.2, 0) is 42.8 Å². The van der Waals surface area contributed by atoms with E-state index in [4.69, 9.17) is 28.4 Å². The summed E-state index contributed by atoms with van der Waals surface area (Å²) in [5.74, 6) is -7.01. The molecule has 44 heavy (non-hydrogen) atoms. The Balaban J connectivity index is 2.03. The third-order valence-electron chi connectivity index (χ3n) is 7.62. The number of methoxy groups -OCH3 is 6. The molecule has 0 aliphatic carbocycles. The number of hydrogen-bond donors (Lipinski definition) is 0. The maximum atomic E-state index is 13.4. The number of anilines is 1. The minimum atomic E-state index is -1.32. The zero-order chi connectivity index (χ0) is 32.0. The van der Waals surface area contributed by atoms with Crippen LogP contribution in [0.1, 0.15) is 36.8 Å². The number of pyridine rings is 1. The maximum Gasteiger partial charge on any atom is 0.355 e. The zero-order valence-corrected chi connectivity index (χ0v) is 24.4. The summed E-state index contributed by atoms with van der Waals surface area (Å²) < 4.78 is 31.3. The Morgan fingerprint density at radius 1 is 0.659 bits per heavy atom. The lowest BCUT2D eigenvalue weighted by Gasteiger charge is -2.34. The van der Waals surface area contributed by atoms with Gasteiger partial charge >= 0.3 is 35.8 Å². The molecule has 2 aromatic heterocycles. The van der Waals surface area contributed by atoms with Crippen LogP contribution < -0.4 is 4.90 Å². The van der Waals surface area contributed by atoms with Gasteiger partial charge in [0.2, 0.25) is 0 Å². The highest BCUT2D eigenvalue weighted by atomic mass is 16.5. The van der Waals surface area contributed by atoms with Gasteiger partial charge in [-0.2, -0.15) is 0 Å². The smallest absolute Gasteiger partial charge is 0.355 e. The van der Waals surface area contributed by atoms with Crippen molar-refractivity contribution in [2.24, 2.45) is 5.92 Å². The van der Waals surface area contributed by atoms with E-state index in [0.29, 0.717) is 10.9 Å². The van der Waals surface area contributed by atoms with Gasteiger partial charge in [0, 0.05) is 10.9 Å². The Bertz CT molecular complexity index is 1860. The number of fused-ring (bicyclic) bond motifs is 7. The standard InChI is InChI=1S/C30H26N2O12/c1-39-25(33)17-15-11-9-13-7-8-14-10-12-16-18(26(34)40-2)20(28(36)42-4)24(30(38)44-6)32(16)22(14)21(13)31(15)23(29(37)43-5)19(17)27(35)41-3/h7-12,15,17H,1-6H3/t15-,17-/m0/s1. The molecule has 2 aliphatic rings. The summed E-state index contributed by atoms with van der Waals surface area (Å²) in [4.78, 5) is 80.7. The van der Waals surface area contributed by atoms with Crippen molar-refractivity contribution in [3.63, 3.8) is 0 Å². The average molecular weight is 607 g/mol. The van der Waals surface area contributed by atoms with Crippen LogP contribution in [0.5, 0.6) is 0 Å². The summed E-state index contributed by atoms with van der Waals surface area (Å²) in [7, 11) is 6.65. The van der Waals surface area contributed by atoms with E-state index in [9.17, 15) is 28.8 Å². The van der Waals surface area contributed by atoms with Gasteiger partial charge in [0.1, 0.15) is 28.4 Å². The average Bonchev–Trinajstić information content (AvgIpc) is 3.59. The van der Waals surface area contributed by atoms with Gasteiger partial charge in [-0.3, -0.25) is 9.20 Å². The molecule has 228 valence electrons. The van der Waals surface area contributed by atoms with E-state index >= 15 is 0 Å². The fourth-order valence-corrected chi connectivity index (χ4v) is 5.85. The van der Waals surface area contributed by atoms with Crippen molar-refractivity contribution in [1.82, 2.24) is 4.40 Å². The molecule has 0 amide bonds. The lowest BCUT2D eigenvalue weighted by Crippen LogP contribution is -2.40. The van der Waals surface area contributed by atoms with Gasteiger partial charge < -0.3 is 33.3 Å². The van der Waals surface area contributed by atoms with Crippen molar-refractivity contribution >= 4 is 64.0 Å². The van der Waals surface area contributed by atoms with Crippen molar-refractivity contribution < 1.29 is 57.2 Å². The summed E-state index contributed by atoms with van der Waals surface area (Å²) in [5, 5.41) is 0.476. The number of aromatic nitrogens is 1. The summed E-state index contributed by atoms with van der Waals surface area (Å²) >= 11 is 0. The van der Waals surface area contributed by atoms with Crippen LogP contribution in [0.4, 0.5) is 5.69 Å². The number of esters is 6. The van der Waals surface area contributed by atoms with Crippen molar-refractivity contribution in [3.8, 4) is 0 Å². The molecule has 1 aromatic carbocycles. The summed E-state index contributed by atoms with van der Waals surface area (Å²) in [6.07, 6.45) is 3.29. The highest BCUT2D eigenvalue weighted by molar-refractivity contribution is 6.18. The van der Waals surface area contributed by atoms with E-state index in [1.807, 2.05) is 0 Å². The minimum Gasteiger partial charge on any atom is -0.468 e. The van der Waals surface area contributed by atoms with Gasteiger partial charge in [-0.05, 0) is 6.07 Å². The van der Waals surface area contributed by atoms with E-state index in [1.54, 1.807) is 30.4 Å². The van der Waals surface area contributed by atoms with Crippen molar-refractivity contribution in [3.05, 3.63) is 64.0 Å². The third-order valence-corrected chi connectivity index (χ3v) is 7.62. The van der Waals surface area contributed by atoms with Crippen molar-refractivity contribution in [2.75, 3.05) is 47.6 Å². The second kappa shape index (κ2) is 11.2. The topological polar surface area (TPSA) is 165 Å². The van der Waals surface area contributed by atoms with E-state index in [0.717, 1.165) is 42.7 Å². The molecule has 0 radical (unpaired) electrons. The number of carbonyl (C=O) groups excluding carboxylic acids is 6. The molecule has 0 bridgehead atoms. The lowest BCUT2D eigenvalue weighted by molar-refractivity contribution is -0.147. The molecule has 4 heterocycles. The molecule has 5 rings (SSSR count). The third kappa shape index (κ3) is 4.09.